The lowest BCUT2D eigenvalue weighted by Gasteiger charge is -2.13. The van der Waals surface area contributed by atoms with E-state index < -0.39 is 0 Å². The van der Waals surface area contributed by atoms with Crippen LogP contribution < -0.4 is 20.1 Å². The number of ether oxygens (including phenoxy) is 2. The van der Waals surface area contributed by atoms with E-state index in [-0.39, 0.29) is 17.9 Å². The van der Waals surface area contributed by atoms with E-state index in [1.807, 2.05) is 20.8 Å². The van der Waals surface area contributed by atoms with Crippen LogP contribution in [0.4, 0.5) is 11.4 Å². The van der Waals surface area contributed by atoms with Crippen molar-refractivity contribution in [1.29, 1.82) is 0 Å². The maximum absolute atomic E-state index is 12.8. The van der Waals surface area contributed by atoms with E-state index in [0.29, 0.717) is 34.9 Å². The molecule has 0 unspecified atom stereocenters. The molecule has 2 N–H and O–H groups in total. The van der Waals surface area contributed by atoms with Crippen LogP contribution in [0.3, 0.4) is 0 Å². The van der Waals surface area contributed by atoms with Gasteiger partial charge in [0.25, 0.3) is 11.8 Å². The molecule has 0 aliphatic carbocycles. The first-order chi connectivity index (χ1) is 15.0. The van der Waals surface area contributed by atoms with Crippen molar-refractivity contribution in [3.05, 3.63) is 83.9 Å². The number of benzene rings is 3. The average Bonchev–Trinajstić information content (AvgIpc) is 2.75. The molecule has 0 atom stereocenters. The molecular weight excluding hydrogens is 392 g/mol. The minimum Gasteiger partial charge on any atom is -0.494 e. The van der Waals surface area contributed by atoms with Crippen LogP contribution in [0.1, 0.15) is 41.5 Å². The van der Waals surface area contributed by atoms with Gasteiger partial charge in [-0.15, -0.1) is 0 Å². The van der Waals surface area contributed by atoms with Crippen LogP contribution in [0.2, 0.25) is 0 Å². The minimum absolute atomic E-state index is 0.0560. The van der Waals surface area contributed by atoms with E-state index in [2.05, 4.69) is 10.6 Å². The zero-order valence-corrected chi connectivity index (χ0v) is 17.8. The van der Waals surface area contributed by atoms with Gasteiger partial charge in [0.2, 0.25) is 0 Å². The van der Waals surface area contributed by atoms with Gasteiger partial charge in [0.05, 0.1) is 24.0 Å². The molecule has 0 radical (unpaired) electrons. The predicted octanol–water partition coefficient (Wildman–Crippen LogP) is 5.38. The predicted molar refractivity (Wildman–Crippen MR) is 122 cm³/mol. The highest BCUT2D eigenvalue weighted by Gasteiger charge is 2.14. The van der Waals surface area contributed by atoms with Gasteiger partial charge in [-0.25, -0.2) is 0 Å². The van der Waals surface area contributed by atoms with Crippen molar-refractivity contribution in [3.8, 4) is 11.5 Å². The molecule has 0 fully saturated rings. The highest BCUT2D eigenvalue weighted by molar-refractivity contribution is 6.12. The van der Waals surface area contributed by atoms with Crippen LogP contribution in [0.25, 0.3) is 0 Å². The zero-order chi connectivity index (χ0) is 22.2. The number of hydrogen-bond acceptors (Lipinski definition) is 4. The van der Waals surface area contributed by atoms with Crippen molar-refractivity contribution in [1.82, 2.24) is 0 Å². The van der Waals surface area contributed by atoms with Gasteiger partial charge in [-0.3, -0.25) is 9.59 Å². The van der Waals surface area contributed by atoms with Crippen LogP contribution >= 0.6 is 0 Å². The summed E-state index contributed by atoms with van der Waals surface area (Å²) >= 11 is 0. The number of para-hydroxylation sites is 1. The van der Waals surface area contributed by atoms with Gasteiger partial charge in [-0.2, -0.15) is 0 Å². The van der Waals surface area contributed by atoms with E-state index in [9.17, 15) is 9.59 Å². The summed E-state index contributed by atoms with van der Waals surface area (Å²) in [7, 11) is 0. The molecular formula is C25H26N2O4. The molecule has 0 heterocycles. The smallest absolute Gasteiger partial charge is 0.257 e. The largest absolute Gasteiger partial charge is 0.494 e. The monoisotopic (exact) mass is 418 g/mol. The molecule has 3 aromatic rings. The van der Waals surface area contributed by atoms with Crippen molar-refractivity contribution in [2.75, 3.05) is 17.2 Å². The first-order valence-corrected chi connectivity index (χ1v) is 10.2. The van der Waals surface area contributed by atoms with Crippen LogP contribution in [0.15, 0.2) is 72.8 Å². The summed E-state index contributed by atoms with van der Waals surface area (Å²) in [4.78, 5) is 25.5. The van der Waals surface area contributed by atoms with Gasteiger partial charge < -0.3 is 20.1 Å². The summed E-state index contributed by atoms with van der Waals surface area (Å²) in [5.74, 6) is 0.804. The molecule has 0 saturated heterocycles. The molecule has 0 aliphatic heterocycles. The Morgan fingerprint density at radius 3 is 2.10 bits per heavy atom. The van der Waals surface area contributed by atoms with E-state index in [0.717, 1.165) is 5.75 Å². The van der Waals surface area contributed by atoms with Crippen LogP contribution in [0, 0.1) is 0 Å². The Morgan fingerprint density at radius 2 is 1.45 bits per heavy atom. The number of rotatable bonds is 8. The Morgan fingerprint density at radius 1 is 0.806 bits per heavy atom. The zero-order valence-electron chi connectivity index (χ0n) is 17.8. The second kappa shape index (κ2) is 10.3. The van der Waals surface area contributed by atoms with Gasteiger partial charge >= 0.3 is 0 Å². The normalized spacial score (nSPS) is 10.5. The standard InChI is InChI=1S/C25H26N2O4/c1-4-30-20-15-11-19(12-16-20)26-25(29)22-7-5-6-8-23(22)27-24(28)18-9-13-21(14-10-18)31-17(2)3/h5-17H,4H2,1-3H3,(H,26,29)(H,27,28). The molecule has 160 valence electrons. The summed E-state index contributed by atoms with van der Waals surface area (Å²) < 4.78 is 11.0. The fourth-order valence-electron chi connectivity index (χ4n) is 2.94. The lowest BCUT2D eigenvalue weighted by atomic mass is 10.1. The van der Waals surface area contributed by atoms with Gasteiger partial charge in [-0.05, 0) is 81.4 Å². The van der Waals surface area contributed by atoms with Crippen LogP contribution in [-0.4, -0.2) is 24.5 Å². The SMILES string of the molecule is CCOc1ccc(NC(=O)c2ccccc2NC(=O)c2ccc(OC(C)C)cc2)cc1. The minimum atomic E-state index is -0.319. The summed E-state index contributed by atoms with van der Waals surface area (Å²) in [6.07, 6.45) is 0.0560. The Labute approximate surface area is 182 Å². The van der Waals surface area contributed by atoms with Crippen LogP contribution in [0.5, 0.6) is 11.5 Å². The summed E-state index contributed by atoms with van der Waals surface area (Å²) in [5, 5.41) is 5.66. The van der Waals surface area contributed by atoms with E-state index in [1.165, 1.54) is 0 Å². The third-order valence-corrected chi connectivity index (χ3v) is 4.33. The molecule has 2 amide bonds. The average molecular weight is 418 g/mol. The molecule has 6 nitrogen and oxygen atoms in total. The highest BCUT2D eigenvalue weighted by Crippen LogP contribution is 2.21. The van der Waals surface area contributed by atoms with Crippen molar-refractivity contribution in [3.63, 3.8) is 0 Å². The van der Waals surface area contributed by atoms with Crippen molar-refractivity contribution in [2.24, 2.45) is 0 Å². The Bertz CT molecular complexity index is 1030. The first kappa shape index (κ1) is 21.9. The lowest BCUT2D eigenvalue weighted by Crippen LogP contribution is -2.18. The summed E-state index contributed by atoms with van der Waals surface area (Å²) in [5.41, 5.74) is 1.90. The van der Waals surface area contributed by atoms with Gasteiger partial charge in [-0.1, -0.05) is 12.1 Å². The molecule has 0 aromatic heterocycles. The molecule has 3 aromatic carbocycles. The molecule has 0 bridgehead atoms. The maximum atomic E-state index is 12.8. The first-order valence-electron chi connectivity index (χ1n) is 10.2. The van der Waals surface area contributed by atoms with E-state index >= 15 is 0 Å². The fraction of sp³-hybridized carbons (Fsp3) is 0.200. The second-order valence-electron chi connectivity index (χ2n) is 7.10. The maximum Gasteiger partial charge on any atom is 0.257 e. The number of carbonyl (C=O) groups excluding carboxylic acids is 2. The number of nitrogens with one attached hydrogen (secondary N) is 2. The van der Waals surface area contributed by atoms with Crippen molar-refractivity contribution in [2.45, 2.75) is 26.9 Å². The number of carbonyl (C=O) groups is 2. The second-order valence-corrected chi connectivity index (χ2v) is 7.10. The highest BCUT2D eigenvalue weighted by atomic mass is 16.5. The quantitative estimate of drug-likeness (QED) is 0.515. The summed E-state index contributed by atoms with van der Waals surface area (Å²) in [6, 6.07) is 20.9. The lowest BCUT2D eigenvalue weighted by molar-refractivity contribution is 0.102. The van der Waals surface area contributed by atoms with Gasteiger partial charge in [0, 0.05) is 11.3 Å². The summed E-state index contributed by atoms with van der Waals surface area (Å²) in [6.45, 7) is 6.37. The third kappa shape index (κ3) is 6.09. The number of hydrogen-bond donors (Lipinski definition) is 2. The van der Waals surface area contributed by atoms with Gasteiger partial charge in [0.15, 0.2) is 0 Å². The van der Waals surface area contributed by atoms with E-state index in [1.54, 1.807) is 72.8 Å². The molecule has 3 rings (SSSR count). The topological polar surface area (TPSA) is 76.7 Å². The molecule has 31 heavy (non-hydrogen) atoms. The Kier molecular flexibility index (Phi) is 7.27. The Hall–Kier alpha value is -3.80. The molecule has 0 spiro atoms. The fourth-order valence-corrected chi connectivity index (χ4v) is 2.94. The number of amides is 2. The van der Waals surface area contributed by atoms with E-state index in [4.69, 9.17) is 9.47 Å². The third-order valence-electron chi connectivity index (χ3n) is 4.33. The molecule has 6 heteroatoms. The van der Waals surface area contributed by atoms with Gasteiger partial charge in [0.1, 0.15) is 11.5 Å². The van der Waals surface area contributed by atoms with Crippen molar-refractivity contribution < 1.29 is 19.1 Å². The van der Waals surface area contributed by atoms with Crippen LogP contribution in [-0.2, 0) is 0 Å². The molecule has 0 saturated carbocycles. The molecule has 0 aliphatic rings. The Balaban J connectivity index is 1.70. The van der Waals surface area contributed by atoms with Crippen molar-refractivity contribution >= 4 is 23.2 Å². The number of anilines is 2.